The number of aliphatic carboxylic acids is 1. The molecule has 0 bridgehead atoms. The largest absolute Gasteiger partial charge is 0.480 e. The summed E-state index contributed by atoms with van der Waals surface area (Å²) >= 11 is 0. The third-order valence-electron chi connectivity index (χ3n) is 23.6. The van der Waals surface area contributed by atoms with Crippen LogP contribution in [-0.4, -0.2) is 327 Å². The SMILES string of the molecule is CC(C)C[C@H](NC(=O)[C@H](C)NC(=O)[C@@H]1CCCN1C(=O)[C@H](CC(C)C)NC(=O)[C@H](Cc1cnc[nH]1)NC(=O)[C@@H](NC(=O)CNC(=O)[C@@H]1CCCN1C(=O)[C@@H]1CCCN1C(=O)[C@H](CC(C)C)NC(=O)[C@H](C)NC(=O)[C@@H]1CCCN1C(=O)[C@H](CC(C)C)NC(=O)[C@H](Cc1cnc[nH]1)NC(=O)[C@@H](NC(=O)CNC(=O)[C@@H]1CCCN1)[C@@H](C)O)[C@@H](C)O)C(=O)N1CCC[C@H]1C(=O)O. The maximum atomic E-state index is 14.8. The Bertz CT molecular complexity index is 4200. The summed E-state index contributed by atoms with van der Waals surface area (Å²) in [6.45, 7) is 19.8. The molecule has 43 heteroatoms. The first-order valence-electron chi connectivity index (χ1n) is 44.5. The lowest BCUT2D eigenvalue weighted by molar-refractivity contribution is -0.149. The maximum Gasteiger partial charge on any atom is 0.326 e. The molecule has 0 saturated carbocycles. The van der Waals surface area contributed by atoms with E-state index in [0.29, 0.717) is 56.5 Å². The minimum atomic E-state index is -1.75. The fourth-order valence-corrected chi connectivity index (χ4v) is 17.1. The summed E-state index contributed by atoms with van der Waals surface area (Å²) in [5.74, 6) is -14.3. The van der Waals surface area contributed by atoms with Gasteiger partial charge >= 0.3 is 5.97 Å². The third kappa shape index (κ3) is 28.6. The van der Waals surface area contributed by atoms with Gasteiger partial charge in [0.2, 0.25) is 100 Å². The first kappa shape index (κ1) is 101. The maximum absolute atomic E-state index is 14.8. The minimum absolute atomic E-state index is 0.0584. The molecule has 127 heavy (non-hydrogen) atoms. The van der Waals surface area contributed by atoms with Gasteiger partial charge in [0.05, 0.1) is 44.0 Å². The molecule has 2 aromatic heterocycles. The lowest BCUT2D eigenvalue weighted by atomic mass is 10.0. The van der Waals surface area contributed by atoms with Gasteiger partial charge in [0.15, 0.2) is 0 Å². The second-order valence-electron chi connectivity index (χ2n) is 35.9. The Labute approximate surface area is 738 Å². The van der Waals surface area contributed by atoms with Crippen molar-refractivity contribution in [3.8, 4) is 0 Å². The lowest BCUT2D eigenvalue weighted by Gasteiger charge is -2.33. The van der Waals surface area contributed by atoms with Crippen LogP contribution in [0, 0.1) is 23.7 Å². The van der Waals surface area contributed by atoms with E-state index in [4.69, 9.17) is 0 Å². The predicted octanol–water partition coefficient (Wildman–Crippen LogP) is -4.22. The molecule has 704 valence electrons. The third-order valence-corrected chi connectivity index (χ3v) is 23.6. The zero-order valence-corrected chi connectivity index (χ0v) is 74.7. The van der Waals surface area contributed by atoms with Crippen molar-refractivity contribution >= 4 is 106 Å². The Hall–Kier alpha value is -11.2. The number of aromatic nitrogens is 4. The van der Waals surface area contributed by atoms with Gasteiger partial charge in [-0.15, -0.1) is 0 Å². The first-order valence-corrected chi connectivity index (χ1v) is 44.5. The number of amides is 17. The Morgan fingerprint density at radius 3 is 1.03 bits per heavy atom. The van der Waals surface area contributed by atoms with Crippen molar-refractivity contribution in [2.45, 2.75) is 308 Å². The summed E-state index contributed by atoms with van der Waals surface area (Å²) in [7, 11) is 0. The Balaban J connectivity index is 0.840. The predicted molar refractivity (Wildman–Crippen MR) is 455 cm³/mol. The molecule has 6 aliphatic rings. The van der Waals surface area contributed by atoms with Crippen LogP contribution in [0.1, 0.15) is 197 Å². The molecule has 0 unspecified atom stereocenters. The Morgan fingerprint density at radius 2 is 0.693 bits per heavy atom. The van der Waals surface area contributed by atoms with Crippen molar-refractivity contribution in [1.29, 1.82) is 0 Å². The average Bonchev–Trinajstić information content (AvgIpc) is 1.67. The van der Waals surface area contributed by atoms with Crippen LogP contribution >= 0.6 is 0 Å². The molecule has 18 N–H and O–H groups in total. The molecule has 6 saturated heterocycles. The number of hydrogen-bond acceptors (Lipinski definition) is 23. The van der Waals surface area contributed by atoms with Crippen molar-refractivity contribution in [3.05, 3.63) is 36.4 Å². The van der Waals surface area contributed by atoms with Gasteiger partial charge in [0.1, 0.15) is 90.6 Å². The van der Waals surface area contributed by atoms with Gasteiger partial charge in [-0.2, -0.15) is 0 Å². The number of carbonyl (C=O) groups is 18. The van der Waals surface area contributed by atoms with Gasteiger partial charge in [-0.1, -0.05) is 55.4 Å². The number of carboxylic acid groups (broad SMARTS) is 1. The van der Waals surface area contributed by atoms with E-state index < -0.39 is 228 Å². The van der Waals surface area contributed by atoms with Crippen LogP contribution in [0.3, 0.4) is 0 Å². The smallest absolute Gasteiger partial charge is 0.326 e. The van der Waals surface area contributed by atoms with Gasteiger partial charge < -0.3 is 119 Å². The van der Waals surface area contributed by atoms with Gasteiger partial charge in [-0.3, -0.25) is 81.5 Å². The molecule has 0 aliphatic carbocycles. The summed E-state index contributed by atoms with van der Waals surface area (Å²) in [6.07, 6.45) is 6.70. The van der Waals surface area contributed by atoms with Crippen LogP contribution in [0.4, 0.5) is 0 Å². The van der Waals surface area contributed by atoms with Crippen LogP contribution < -0.4 is 69.1 Å². The Kier molecular flexibility index (Phi) is 37.9. The number of hydrogen-bond donors (Lipinski definition) is 18. The van der Waals surface area contributed by atoms with E-state index >= 15 is 0 Å². The number of carbonyl (C=O) groups excluding carboxylic acids is 17. The number of imidazole rings is 2. The van der Waals surface area contributed by atoms with Gasteiger partial charge in [-0.05, 0) is 161 Å². The summed E-state index contributed by atoms with van der Waals surface area (Å²) in [5, 5.41) is 65.9. The topological polar surface area (TPSA) is 598 Å². The Morgan fingerprint density at radius 1 is 0.370 bits per heavy atom. The zero-order chi connectivity index (χ0) is 93.4. The number of aliphatic hydroxyl groups is 2. The molecule has 0 aromatic carbocycles. The van der Waals surface area contributed by atoms with Crippen molar-refractivity contribution < 1.29 is 102 Å². The minimum Gasteiger partial charge on any atom is -0.480 e. The number of aliphatic hydroxyl groups excluding tert-OH is 2. The second-order valence-corrected chi connectivity index (χ2v) is 35.9. The molecule has 8 rings (SSSR count). The molecule has 18 atom stereocenters. The second kappa shape index (κ2) is 47.5. The van der Waals surface area contributed by atoms with Crippen LogP contribution in [0.15, 0.2) is 25.0 Å². The highest BCUT2D eigenvalue weighted by Gasteiger charge is 2.48. The molecule has 6 fully saturated rings. The van der Waals surface area contributed by atoms with E-state index in [2.05, 4.69) is 89.1 Å². The number of rotatable bonds is 44. The fourth-order valence-electron chi connectivity index (χ4n) is 17.1. The quantitative estimate of drug-likeness (QED) is 0.0299. The standard InChI is InChI=1S/C84H132N22O21/c1-43(2)31-56(96-69(111)47(9)92-75(117)61-21-15-26-102(61)79(121)58(33-45(5)6)98-72(114)54(35-51-37-85-41-90-51)94-77(119)67(49(11)107)100-65(109)39-88-71(113)53-19-13-25-87-53)81(123)105-29-17-23-63(105)83(125)104-28-14-20-60(104)74(116)89-40-66(110)101-68(50(12)108)78(120)95-55(36-52-38-86-42-91-52)73(115)99-59(34-46(7)8)80(122)103-27-16-22-62(103)76(118)93-48(10)70(112)97-57(32-44(3)4)82(124)106-30-18-24-64(106)84(126)127/h37-38,41-50,53-64,67-68,87,107-108H,13-36,39-40H2,1-12H3,(H,85,90)(H,86,91)(H,88,113)(H,89,116)(H,92,117)(H,93,118)(H,94,119)(H,95,120)(H,96,111)(H,97,112)(H,98,114)(H,99,115)(H,100,109)(H,101,110)(H,126,127)/t47-,48-,49+,50+,53-,54-,55-,56-,57-,58-,59-,60-,61-,62-,63-,64-,67-,68-/m0/s1. The highest BCUT2D eigenvalue weighted by Crippen LogP contribution is 2.29. The monoisotopic (exact) mass is 1780 g/mol. The number of H-pyrrole nitrogens is 2. The fraction of sp³-hybridized carbons (Fsp3) is 0.714. The van der Waals surface area contributed by atoms with Crippen molar-refractivity contribution in [3.63, 3.8) is 0 Å². The molecule has 6 aliphatic heterocycles. The molecular formula is C84H132N22O21. The molecule has 8 heterocycles. The van der Waals surface area contributed by atoms with E-state index in [9.17, 15) is 102 Å². The number of likely N-dealkylation sites (tertiary alicyclic amines) is 5. The lowest BCUT2D eigenvalue weighted by Crippen LogP contribution is -2.61. The van der Waals surface area contributed by atoms with E-state index in [1.165, 1.54) is 77.2 Å². The zero-order valence-electron chi connectivity index (χ0n) is 74.7. The molecule has 2 aromatic rings. The average molecular weight is 1790 g/mol. The molecule has 0 radical (unpaired) electrons. The summed E-state index contributed by atoms with van der Waals surface area (Å²) < 4.78 is 0. The van der Waals surface area contributed by atoms with Gasteiger partial charge in [0.25, 0.3) is 0 Å². The van der Waals surface area contributed by atoms with E-state index in [0.717, 1.165) is 6.42 Å². The molecular weight excluding hydrogens is 1650 g/mol. The van der Waals surface area contributed by atoms with Crippen molar-refractivity contribution in [1.82, 2.24) is 114 Å². The number of carboxylic acids is 1. The highest BCUT2D eigenvalue weighted by molar-refractivity contribution is 6.02. The highest BCUT2D eigenvalue weighted by atomic mass is 16.4. The molecule has 0 spiro atoms. The van der Waals surface area contributed by atoms with E-state index in [-0.39, 0.29) is 127 Å². The molecule has 17 amide bonds. The number of nitrogens with zero attached hydrogens (tertiary/aromatic N) is 7. The summed E-state index contributed by atoms with van der Waals surface area (Å²) in [6, 6.07) is -19.5. The summed E-state index contributed by atoms with van der Waals surface area (Å²) in [4.78, 5) is 272. The van der Waals surface area contributed by atoms with Crippen molar-refractivity contribution in [2.75, 3.05) is 52.4 Å². The van der Waals surface area contributed by atoms with Crippen LogP contribution in [0.25, 0.3) is 0 Å². The summed E-state index contributed by atoms with van der Waals surface area (Å²) in [5.41, 5.74) is 0.754. The van der Waals surface area contributed by atoms with Crippen LogP contribution in [-0.2, 0) is 99.1 Å². The normalized spacial score (nSPS) is 21.5. The van der Waals surface area contributed by atoms with Crippen LogP contribution in [0.2, 0.25) is 0 Å². The number of aromatic amines is 2. The van der Waals surface area contributed by atoms with Crippen LogP contribution in [0.5, 0.6) is 0 Å². The molecule has 43 nitrogen and oxygen atoms in total. The van der Waals surface area contributed by atoms with E-state index in [1.807, 2.05) is 41.5 Å². The first-order chi connectivity index (χ1) is 60.1. The van der Waals surface area contributed by atoms with Gasteiger partial charge in [0, 0.05) is 69.3 Å². The number of nitrogens with one attached hydrogen (secondary N) is 15. The van der Waals surface area contributed by atoms with Crippen molar-refractivity contribution in [2.24, 2.45) is 23.7 Å². The van der Waals surface area contributed by atoms with Gasteiger partial charge in [-0.25, -0.2) is 14.8 Å². The van der Waals surface area contributed by atoms with E-state index in [1.54, 1.807) is 13.8 Å².